The van der Waals surface area contributed by atoms with Crippen LogP contribution in [0.3, 0.4) is 0 Å². The molecule has 0 spiro atoms. The van der Waals surface area contributed by atoms with Crippen molar-refractivity contribution in [2.45, 2.75) is 46.3 Å². The van der Waals surface area contributed by atoms with E-state index in [0.29, 0.717) is 5.92 Å². The van der Waals surface area contributed by atoms with Gasteiger partial charge in [0.1, 0.15) is 0 Å². The third-order valence-electron chi connectivity index (χ3n) is 2.63. The first kappa shape index (κ1) is 14.7. The zero-order chi connectivity index (χ0) is 13.5. The quantitative estimate of drug-likeness (QED) is 0.762. The fraction of sp³-hybridized carbons (Fsp3) is 0.692. The maximum Gasteiger partial charge on any atom is 0.236 e. The summed E-state index contributed by atoms with van der Waals surface area (Å²) in [5.41, 5.74) is 0. The molecule has 0 aliphatic heterocycles. The van der Waals surface area contributed by atoms with Crippen LogP contribution in [0.4, 0.5) is 0 Å². The van der Waals surface area contributed by atoms with Crippen molar-refractivity contribution in [3.63, 3.8) is 0 Å². The van der Waals surface area contributed by atoms with E-state index in [2.05, 4.69) is 29.6 Å². The number of nitrogens with one attached hydrogen (secondary N) is 2. The van der Waals surface area contributed by atoms with Gasteiger partial charge < -0.3 is 10.6 Å². The first-order valence-corrected chi connectivity index (χ1v) is 6.50. The summed E-state index contributed by atoms with van der Waals surface area (Å²) >= 11 is 0. The Balaban J connectivity index is 2.30. The first-order valence-electron chi connectivity index (χ1n) is 6.50. The van der Waals surface area contributed by atoms with Crippen LogP contribution in [0.1, 0.15) is 27.7 Å². The normalized spacial score (nSPS) is 14.5. The van der Waals surface area contributed by atoms with Crippen molar-refractivity contribution in [2.24, 2.45) is 5.92 Å². The van der Waals surface area contributed by atoms with E-state index in [1.165, 1.54) is 0 Å². The van der Waals surface area contributed by atoms with Crippen LogP contribution >= 0.6 is 0 Å². The average Bonchev–Trinajstić information content (AvgIpc) is 2.78. The number of hydrogen-bond acceptors (Lipinski definition) is 3. The predicted molar refractivity (Wildman–Crippen MR) is 72.1 cm³/mol. The van der Waals surface area contributed by atoms with Crippen molar-refractivity contribution in [1.29, 1.82) is 0 Å². The zero-order valence-electron chi connectivity index (χ0n) is 11.7. The van der Waals surface area contributed by atoms with Crippen molar-refractivity contribution in [1.82, 2.24) is 20.4 Å². The van der Waals surface area contributed by atoms with Crippen LogP contribution < -0.4 is 10.6 Å². The second-order valence-corrected chi connectivity index (χ2v) is 5.16. The Morgan fingerprint density at radius 2 is 2.06 bits per heavy atom. The highest BCUT2D eigenvalue weighted by Crippen LogP contribution is 1.94. The standard InChI is InChI=1S/C13H24N4O/c1-10(2)8-14-13(18)12(4)16-11(3)9-17-7-5-6-15-17/h5-7,10-12,16H,8-9H2,1-4H3,(H,14,18). The summed E-state index contributed by atoms with van der Waals surface area (Å²) in [6.07, 6.45) is 3.67. The fourth-order valence-electron chi connectivity index (χ4n) is 1.70. The highest BCUT2D eigenvalue weighted by molar-refractivity contribution is 5.81. The van der Waals surface area contributed by atoms with Crippen LogP contribution in [0, 0.1) is 5.92 Å². The topological polar surface area (TPSA) is 59.0 Å². The van der Waals surface area contributed by atoms with Gasteiger partial charge in [0, 0.05) is 25.0 Å². The number of hydrogen-bond donors (Lipinski definition) is 2. The molecule has 2 N–H and O–H groups in total. The van der Waals surface area contributed by atoms with Crippen LogP contribution in [0.5, 0.6) is 0 Å². The van der Waals surface area contributed by atoms with E-state index in [1.807, 2.05) is 30.8 Å². The Hall–Kier alpha value is -1.36. The second-order valence-electron chi connectivity index (χ2n) is 5.16. The third kappa shape index (κ3) is 5.31. The molecule has 5 heteroatoms. The van der Waals surface area contributed by atoms with Crippen LogP contribution in [0.15, 0.2) is 18.5 Å². The monoisotopic (exact) mass is 252 g/mol. The molecule has 102 valence electrons. The minimum Gasteiger partial charge on any atom is -0.354 e. The molecule has 0 saturated heterocycles. The van der Waals surface area contributed by atoms with Crippen molar-refractivity contribution in [3.05, 3.63) is 18.5 Å². The Kier molecular flexibility index (Phi) is 5.85. The molecule has 1 aromatic heterocycles. The number of rotatable bonds is 7. The molecule has 0 aromatic carbocycles. The molecule has 2 unspecified atom stereocenters. The van der Waals surface area contributed by atoms with Crippen LogP contribution in [-0.4, -0.2) is 34.3 Å². The lowest BCUT2D eigenvalue weighted by Crippen LogP contribution is -2.47. The molecule has 0 radical (unpaired) electrons. The molecule has 0 saturated carbocycles. The summed E-state index contributed by atoms with van der Waals surface area (Å²) in [6.45, 7) is 9.58. The maximum atomic E-state index is 11.8. The van der Waals surface area contributed by atoms with Crippen LogP contribution in [0.2, 0.25) is 0 Å². The number of aromatic nitrogens is 2. The van der Waals surface area contributed by atoms with E-state index in [0.717, 1.165) is 13.1 Å². The lowest BCUT2D eigenvalue weighted by molar-refractivity contribution is -0.123. The molecular formula is C13H24N4O. The lowest BCUT2D eigenvalue weighted by atomic mass is 10.2. The van der Waals surface area contributed by atoms with Gasteiger partial charge >= 0.3 is 0 Å². The number of amides is 1. The van der Waals surface area contributed by atoms with Gasteiger partial charge in [-0.1, -0.05) is 13.8 Å². The molecule has 1 heterocycles. The molecule has 1 aromatic rings. The Bertz CT molecular complexity index is 348. The molecule has 1 amide bonds. The third-order valence-corrected chi connectivity index (χ3v) is 2.63. The summed E-state index contributed by atoms with van der Waals surface area (Å²) in [7, 11) is 0. The van der Waals surface area contributed by atoms with Gasteiger partial charge in [0.15, 0.2) is 0 Å². The Labute approximate surface area is 109 Å². The van der Waals surface area contributed by atoms with Crippen molar-refractivity contribution in [2.75, 3.05) is 6.54 Å². The minimum absolute atomic E-state index is 0.0519. The van der Waals surface area contributed by atoms with Gasteiger partial charge in [0.05, 0.1) is 12.6 Å². The van der Waals surface area contributed by atoms with Gasteiger partial charge in [-0.2, -0.15) is 5.10 Å². The molecule has 1 rings (SSSR count). The second kappa shape index (κ2) is 7.16. The summed E-state index contributed by atoms with van der Waals surface area (Å²) in [5, 5.41) is 10.3. The smallest absolute Gasteiger partial charge is 0.236 e. The Morgan fingerprint density at radius 1 is 1.33 bits per heavy atom. The van der Waals surface area contributed by atoms with E-state index >= 15 is 0 Å². The minimum atomic E-state index is -0.186. The van der Waals surface area contributed by atoms with Gasteiger partial charge in [-0.15, -0.1) is 0 Å². The van der Waals surface area contributed by atoms with E-state index in [-0.39, 0.29) is 18.0 Å². The molecule has 0 aliphatic carbocycles. The highest BCUT2D eigenvalue weighted by atomic mass is 16.2. The van der Waals surface area contributed by atoms with Crippen LogP contribution in [0.25, 0.3) is 0 Å². The molecule has 0 fully saturated rings. The zero-order valence-corrected chi connectivity index (χ0v) is 11.7. The van der Waals surface area contributed by atoms with Gasteiger partial charge in [-0.3, -0.25) is 9.48 Å². The van der Waals surface area contributed by atoms with E-state index in [4.69, 9.17) is 0 Å². The maximum absolute atomic E-state index is 11.8. The van der Waals surface area contributed by atoms with Crippen molar-refractivity contribution in [3.8, 4) is 0 Å². The average molecular weight is 252 g/mol. The predicted octanol–water partition coefficient (Wildman–Crippen LogP) is 1.02. The molecule has 5 nitrogen and oxygen atoms in total. The number of carbonyl (C=O) groups is 1. The van der Waals surface area contributed by atoms with Crippen molar-refractivity contribution < 1.29 is 4.79 Å². The summed E-state index contributed by atoms with van der Waals surface area (Å²) in [6, 6.07) is 1.91. The SMILES string of the molecule is CC(C)CNC(=O)C(C)NC(C)Cn1cccn1. The summed E-state index contributed by atoms with van der Waals surface area (Å²) in [5.74, 6) is 0.527. The van der Waals surface area contributed by atoms with Gasteiger partial charge in [-0.05, 0) is 25.8 Å². The fourth-order valence-corrected chi connectivity index (χ4v) is 1.70. The van der Waals surface area contributed by atoms with Crippen LogP contribution in [-0.2, 0) is 11.3 Å². The number of carbonyl (C=O) groups excluding carboxylic acids is 1. The molecule has 18 heavy (non-hydrogen) atoms. The van der Waals surface area contributed by atoms with Crippen molar-refractivity contribution >= 4 is 5.91 Å². The molecule has 0 aliphatic rings. The van der Waals surface area contributed by atoms with E-state index < -0.39 is 0 Å². The molecule has 2 atom stereocenters. The van der Waals surface area contributed by atoms with E-state index in [9.17, 15) is 4.79 Å². The first-order chi connectivity index (χ1) is 8.49. The Morgan fingerprint density at radius 3 is 2.61 bits per heavy atom. The molecule has 0 bridgehead atoms. The summed E-state index contributed by atoms with van der Waals surface area (Å²) < 4.78 is 1.86. The van der Waals surface area contributed by atoms with Gasteiger partial charge in [0.25, 0.3) is 0 Å². The number of nitrogens with zero attached hydrogens (tertiary/aromatic N) is 2. The molecular weight excluding hydrogens is 228 g/mol. The van der Waals surface area contributed by atoms with E-state index in [1.54, 1.807) is 6.20 Å². The largest absolute Gasteiger partial charge is 0.354 e. The lowest BCUT2D eigenvalue weighted by Gasteiger charge is -2.20. The summed E-state index contributed by atoms with van der Waals surface area (Å²) in [4.78, 5) is 11.8. The van der Waals surface area contributed by atoms with Gasteiger partial charge in [-0.25, -0.2) is 0 Å². The van der Waals surface area contributed by atoms with Gasteiger partial charge in [0.2, 0.25) is 5.91 Å². The highest BCUT2D eigenvalue weighted by Gasteiger charge is 2.15.